The van der Waals surface area contributed by atoms with Gasteiger partial charge in [0.05, 0.1) is 0 Å². The average Bonchev–Trinajstić information content (AvgIpc) is 2.34. The highest BCUT2D eigenvalue weighted by molar-refractivity contribution is 5.32. The van der Waals surface area contributed by atoms with Gasteiger partial charge in [0.2, 0.25) is 0 Å². The van der Waals surface area contributed by atoms with Crippen molar-refractivity contribution >= 4 is 0 Å². The largest absolute Gasteiger partial charge is 0.321 e. The van der Waals surface area contributed by atoms with Crippen LogP contribution in [0.2, 0.25) is 0 Å². The summed E-state index contributed by atoms with van der Waals surface area (Å²) in [5.74, 6) is -0.633. The monoisotopic (exact) mass is 261 g/mol. The van der Waals surface area contributed by atoms with Crippen LogP contribution in [0.3, 0.4) is 0 Å². The van der Waals surface area contributed by atoms with Gasteiger partial charge in [-0.1, -0.05) is 24.3 Å². The van der Waals surface area contributed by atoms with Crippen LogP contribution in [0.4, 0.5) is 8.78 Å². The first-order chi connectivity index (χ1) is 8.90. The molecular formula is C16H17F2N. The van der Waals surface area contributed by atoms with Gasteiger partial charge in [0, 0.05) is 11.1 Å². The smallest absolute Gasteiger partial charge is 0.128 e. The van der Waals surface area contributed by atoms with E-state index < -0.39 is 5.54 Å². The zero-order valence-corrected chi connectivity index (χ0v) is 11.1. The Labute approximate surface area is 112 Å². The van der Waals surface area contributed by atoms with E-state index in [4.69, 9.17) is 5.73 Å². The molecule has 0 aromatic heterocycles. The molecule has 0 amide bonds. The fraction of sp³-hybridized carbons (Fsp3) is 0.250. The van der Waals surface area contributed by atoms with E-state index in [9.17, 15) is 8.78 Å². The molecule has 1 atom stereocenters. The van der Waals surface area contributed by atoms with Gasteiger partial charge < -0.3 is 5.73 Å². The third-order valence-electron chi connectivity index (χ3n) is 3.36. The molecule has 3 heteroatoms. The van der Waals surface area contributed by atoms with Crippen molar-refractivity contribution in [1.29, 1.82) is 0 Å². The van der Waals surface area contributed by atoms with Crippen LogP contribution in [0, 0.1) is 18.6 Å². The molecule has 0 spiro atoms. The zero-order chi connectivity index (χ0) is 14.0. The maximum Gasteiger partial charge on any atom is 0.128 e. The molecule has 0 saturated carbocycles. The molecule has 2 aromatic rings. The van der Waals surface area contributed by atoms with E-state index in [0.717, 1.165) is 11.1 Å². The Morgan fingerprint density at radius 1 is 1.11 bits per heavy atom. The van der Waals surface area contributed by atoms with Crippen molar-refractivity contribution < 1.29 is 8.78 Å². The first kappa shape index (κ1) is 13.7. The SMILES string of the molecule is Cc1ccc(F)cc1CC(C)(N)c1ccccc1F. The Balaban J connectivity index is 2.36. The molecule has 19 heavy (non-hydrogen) atoms. The van der Waals surface area contributed by atoms with Crippen LogP contribution in [0.15, 0.2) is 42.5 Å². The van der Waals surface area contributed by atoms with Gasteiger partial charge in [-0.05, 0) is 49.6 Å². The molecule has 0 aliphatic rings. The molecule has 0 bridgehead atoms. The Bertz CT molecular complexity index is 591. The number of hydrogen-bond donors (Lipinski definition) is 1. The van der Waals surface area contributed by atoms with Crippen molar-refractivity contribution in [2.45, 2.75) is 25.8 Å². The number of rotatable bonds is 3. The van der Waals surface area contributed by atoms with Gasteiger partial charge in [0.25, 0.3) is 0 Å². The minimum Gasteiger partial charge on any atom is -0.321 e. The Kier molecular flexibility index (Phi) is 3.67. The van der Waals surface area contributed by atoms with E-state index in [1.54, 1.807) is 31.2 Å². The lowest BCUT2D eigenvalue weighted by atomic mass is 9.85. The molecular weight excluding hydrogens is 244 g/mol. The van der Waals surface area contributed by atoms with Crippen LogP contribution in [0.5, 0.6) is 0 Å². The summed E-state index contributed by atoms with van der Waals surface area (Å²) in [4.78, 5) is 0. The summed E-state index contributed by atoms with van der Waals surface area (Å²) in [6, 6.07) is 11.0. The van der Waals surface area contributed by atoms with Gasteiger partial charge in [-0.25, -0.2) is 8.78 Å². The van der Waals surface area contributed by atoms with Crippen molar-refractivity contribution in [3.05, 3.63) is 70.8 Å². The van der Waals surface area contributed by atoms with Gasteiger partial charge in [0.1, 0.15) is 11.6 Å². The number of benzene rings is 2. The van der Waals surface area contributed by atoms with Gasteiger partial charge >= 0.3 is 0 Å². The molecule has 0 aliphatic heterocycles. The quantitative estimate of drug-likeness (QED) is 0.896. The third kappa shape index (κ3) is 2.99. The minimum absolute atomic E-state index is 0.301. The van der Waals surface area contributed by atoms with E-state index in [0.29, 0.717) is 12.0 Å². The summed E-state index contributed by atoms with van der Waals surface area (Å²) in [7, 11) is 0. The van der Waals surface area contributed by atoms with Crippen molar-refractivity contribution in [3.63, 3.8) is 0 Å². The average molecular weight is 261 g/mol. The second kappa shape index (κ2) is 5.10. The van der Waals surface area contributed by atoms with E-state index >= 15 is 0 Å². The summed E-state index contributed by atoms with van der Waals surface area (Å²) in [5, 5.41) is 0. The second-order valence-electron chi connectivity index (χ2n) is 5.14. The Morgan fingerprint density at radius 3 is 2.47 bits per heavy atom. The minimum atomic E-state index is -0.871. The maximum absolute atomic E-state index is 13.8. The van der Waals surface area contributed by atoms with E-state index in [1.165, 1.54) is 18.2 Å². The molecule has 1 nitrogen and oxygen atoms in total. The van der Waals surface area contributed by atoms with Gasteiger partial charge in [0.15, 0.2) is 0 Å². The van der Waals surface area contributed by atoms with E-state index in [-0.39, 0.29) is 11.6 Å². The van der Waals surface area contributed by atoms with Crippen LogP contribution in [-0.4, -0.2) is 0 Å². The van der Waals surface area contributed by atoms with Crippen molar-refractivity contribution in [3.8, 4) is 0 Å². The van der Waals surface area contributed by atoms with E-state index in [1.807, 2.05) is 6.92 Å². The fourth-order valence-corrected chi connectivity index (χ4v) is 2.25. The van der Waals surface area contributed by atoms with Gasteiger partial charge in [-0.2, -0.15) is 0 Å². The van der Waals surface area contributed by atoms with Crippen LogP contribution >= 0.6 is 0 Å². The van der Waals surface area contributed by atoms with Crippen molar-refractivity contribution in [2.24, 2.45) is 5.73 Å². The fourth-order valence-electron chi connectivity index (χ4n) is 2.25. The van der Waals surface area contributed by atoms with Crippen LogP contribution in [0.25, 0.3) is 0 Å². The summed E-state index contributed by atoms with van der Waals surface area (Å²) >= 11 is 0. The second-order valence-corrected chi connectivity index (χ2v) is 5.14. The third-order valence-corrected chi connectivity index (χ3v) is 3.36. The lowest BCUT2D eigenvalue weighted by molar-refractivity contribution is 0.455. The van der Waals surface area contributed by atoms with Crippen molar-refractivity contribution in [1.82, 2.24) is 0 Å². The first-order valence-corrected chi connectivity index (χ1v) is 6.19. The summed E-state index contributed by atoms with van der Waals surface area (Å²) in [5.41, 5.74) is 7.55. The molecule has 100 valence electrons. The number of halogens is 2. The van der Waals surface area contributed by atoms with Crippen LogP contribution in [-0.2, 0) is 12.0 Å². The van der Waals surface area contributed by atoms with E-state index in [2.05, 4.69) is 0 Å². The lowest BCUT2D eigenvalue weighted by Gasteiger charge is -2.26. The Morgan fingerprint density at radius 2 is 1.79 bits per heavy atom. The summed E-state index contributed by atoms with van der Waals surface area (Å²) in [6.45, 7) is 3.65. The van der Waals surface area contributed by atoms with Crippen LogP contribution in [0.1, 0.15) is 23.6 Å². The number of nitrogens with two attached hydrogens (primary N) is 1. The highest BCUT2D eigenvalue weighted by Crippen LogP contribution is 2.26. The highest BCUT2D eigenvalue weighted by Gasteiger charge is 2.25. The molecule has 2 aromatic carbocycles. The topological polar surface area (TPSA) is 26.0 Å². The molecule has 0 fully saturated rings. The standard InChI is InChI=1S/C16H17F2N/c1-11-7-8-13(17)9-12(11)10-16(2,19)14-5-3-4-6-15(14)18/h3-9H,10,19H2,1-2H3. The van der Waals surface area contributed by atoms with Gasteiger partial charge in [-0.15, -0.1) is 0 Å². The Hall–Kier alpha value is -1.74. The normalized spacial score (nSPS) is 14.2. The molecule has 2 N–H and O–H groups in total. The predicted octanol–water partition coefficient (Wildman–Crippen LogP) is 3.69. The molecule has 2 rings (SSSR count). The van der Waals surface area contributed by atoms with Gasteiger partial charge in [-0.3, -0.25) is 0 Å². The number of hydrogen-bond acceptors (Lipinski definition) is 1. The molecule has 1 unspecified atom stereocenters. The molecule has 0 heterocycles. The summed E-state index contributed by atoms with van der Waals surface area (Å²) < 4.78 is 27.1. The predicted molar refractivity (Wildman–Crippen MR) is 72.8 cm³/mol. The van der Waals surface area contributed by atoms with Crippen molar-refractivity contribution in [2.75, 3.05) is 0 Å². The molecule has 0 radical (unpaired) electrons. The highest BCUT2D eigenvalue weighted by atomic mass is 19.1. The van der Waals surface area contributed by atoms with Crippen LogP contribution < -0.4 is 5.73 Å². The molecule has 0 aliphatic carbocycles. The maximum atomic E-state index is 13.8. The first-order valence-electron chi connectivity index (χ1n) is 6.19. The number of aryl methyl sites for hydroxylation is 1. The molecule has 0 saturated heterocycles. The lowest BCUT2D eigenvalue weighted by Crippen LogP contribution is -2.36. The zero-order valence-electron chi connectivity index (χ0n) is 11.1. The summed E-state index contributed by atoms with van der Waals surface area (Å²) in [6.07, 6.45) is 0.386.